The Labute approximate surface area is 190 Å². The maximum Gasteiger partial charge on any atom is 0.333 e. The van der Waals surface area contributed by atoms with Crippen molar-refractivity contribution in [2.75, 3.05) is 28.4 Å². The number of ether oxygens (including phenoxy) is 4. The van der Waals surface area contributed by atoms with E-state index in [1.165, 1.54) is 28.4 Å². The van der Waals surface area contributed by atoms with Gasteiger partial charge in [0.15, 0.2) is 23.0 Å². The zero-order valence-electron chi connectivity index (χ0n) is 19.1. The fourth-order valence-corrected chi connectivity index (χ4v) is 3.91. The van der Waals surface area contributed by atoms with Crippen LogP contribution in [0.4, 0.5) is 0 Å². The topological polar surface area (TPSA) is 97.0 Å². The maximum absolute atomic E-state index is 13.4. The number of phenolic OH excluding ortho intramolecular Hbond substituents is 1. The van der Waals surface area contributed by atoms with Gasteiger partial charge in [-0.15, -0.1) is 0 Å². The summed E-state index contributed by atoms with van der Waals surface area (Å²) >= 11 is 0. The van der Waals surface area contributed by atoms with Gasteiger partial charge in [-0.1, -0.05) is 0 Å². The molecule has 172 valence electrons. The largest absolute Gasteiger partial charge is 0.504 e. The number of imidazole rings is 1. The molecule has 0 bridgehead atoms. The standard InChI is InChI=1S/C24H25N3O6/c1-6-26-18-13-25-16(14-7-8-20(30-2)19(28)9-14)12-17(18)27(24(26)29)15-10-21(31-3)23(33-5)22(11-15)32-4/h7-13,28H,6H2,1-5H3. The van der Waals surface area contributed by atoms with Gasteiger partial charge in [-0.25, -0.2) is 4.79 Å². The number of methoxy groups -OCH3 is 4. The highest BCUT2D eigenvalue weighted by atomic mass is 16.5. The lowest BCUT2D eigenvalue weighted by Crippen LogP contribution is -2.22. The molecule has 2 aromatic carbocycles. The number of aromatic hydroxyl groups is 1. The normalized spacial score (nSPS) is 10.9. The number of rotatable bonds is 7. The van der Waals surface area contributed by atoms with E-state index in [4.69, 9.17) is 18.9 Å². The van der Waals surface area contributed by atoms with E-state index >= 15 is 0 Å². The van der Waals surface area contributed by atoms with Gasteiger partial charge in [0.2, 0.25) is 5.75 Å². The third-order valence-electron chi connectivity index (χ3n) is 5.51. The minimum atomic E-state index is -0.224. The van der Waals surface area contributed by atoms with Gasteiger partial charge >= 0.3 is 5.69 Å². The van der Waals surface area contributed by atoms with Crippen molar-refractivity contribution in [3.05, 3.63) is 53.1 Å². The number of aromatic nitrogens is 3. The first-order valence-corrected chi connectivity index (χ1v) is 10.3. The minimum absolute atomic E-state index is 0.00467. The van der Waals surface area contributed by atoms with E-state index < -0.39 is 0 Å². The van der Waals surface area contributed by atoms with Crippen LogP contribution in [0.15, 0.2) is 47.4 Å². The fraction of sp³-hybridized carbons (Fsp3) is 0.250. The number of hydrogen-bond acceptors (Lipinski definition) is 7. The van der Waals surface area contributed by atoms with E-state index in [1.807, 2.05) is 13.0 Å². The third kappa shape index (κ3) is 3.61. The van der Waals surface area contributed by atoms with E-state index in [-0.39, 0.29) is 11.4 Å². The molecule has 0 aliphatic heterocycles. The highest BCUT2D eigenvalue weighted by Gasteiger charge is 2.20. The SMILES string of the molecule is CCn1c(=O)n(-c2cc(OC)c(OC)c(OC)c2)c2cc(-c3ccc(OC)c(O)c3)ncc21. The summed E-state index contributed by atoms with van der Waals surface area (Å²) in [5.74, 6) is 1.68. The molecule has 0 saturated heterocycles. The number of nitrogens with zero attached hydrogens (tertiary/aromatic N) is 3. The highest BCUT2D eigenvalue weighted by molar-refractivity contribution is 5.82. The molecule has 0 radical (unpaired) electrons. The molecular formula is C24H25N3O6. The van der Waals surface area contributed by atoms with Crippen molar-refractivity contribution in [2.24, 2.45) is 0 Å². The van der Waals surface area contributed by atoms with Gasteiger partial charge in [0.05, 0.1) is 57.1 Å². The number of hydrogen-bond donors (Lipinski definition) is 1. The van der Waals surface area contributed by atoms with Crippen molar-refractivity contribution in [1.29, 1.82) is 0 Å². The zero-order chi connectivity index (χ0) is 23.7. The van der Waals surface area contributed by atoms with Crippen molar-refractivity contribution in [3.8, 4) is 45.7 Å². The highest BCUT2D eigenvalue weighted by Crippen LogP contribution is 2.40. The van der Waals surface area contributed by atoms with Crippen molar-refractivity contribution in [2.45, 2.75) is 13.5 Å². The summed E-state index contributed by atoms with van der Waals surface area (Å²) < 4.78 is 24.7. The van der Waals surface area contributed by atoms with Crippen LogP contribution in [-0.4, -0.2) is 47.7 Å². The van der Waals surface area contributed by atoms with E-state index in [0.29, 0.717) is 57.5 Å². The summed E-state index contributed by atoms with van der Waals surface area (Å²) in [6.07, 6.45) is 1.66. The summed E-state index contributed by atoms with van der Waals surface area (Å²) in [6.45, 7) is 2.37. The van der Waals surface area contributed by atoms with Gasteiger partial charge in [0.25, 0.3) is 0 Å². The van der Waals surface area contributed by atoms with Gasteiger partial charge in [-0.05, 0) is 31.2 Å². The van der Waals surface area contributed by atoms with Crippen LogP contribution in [0.5, 0.6) is 28.7 Å². The molecule has 0 spiro atoms. The maximum atomic E-state index is 13.4. The molecule has 0 atom stereocenters. The lowest BCUT2D eigenvalue weighted by atomic mass is 10.1. The second kappa shape index (κ2) is 8.78. The first-order chi connectivity index (χ1) is 16.0. The molecule has 0 fully saturated rings. The first-order valence-electron chi connectivity index (χ1n) is 10.3. The van der Waals surface area contributed by atoms with Crippen LogP contribution in [0.1, 0.15) is 6.92 Å². The Morgan fingerprint density at radius 3 is 2.09 bits per heavy atom. The molecule has 2 aromatic heterocycles. The molecule has 2 heterocycles. The summed E-state index contributed by atoms with van der Waals surface area (Å²) in [6, 6.07) is 10.3. The summed E-state index contributed by atoms with van der Waals surface area (Å²) in [4.78, 5) is 17.9. The van der Waals surface area contributed by atoms with E-state index in [9.17, 15) is 9.90 Å². The Hall–Kier alpha value is -4.14. The smallest absolute Gasteiger partial charge is 0.333 e. The van der Waals surface area contributed by atoms with Crippen LogP contribution in [0.3, 0.4) is 0 Å². The predicted molar refractivity (Wildman–Crippen MR) is 124 cm³/mol. The van der Waals surface area contributed by atoms with Crippen LogP contribution in [0.25, 0.3) is 28.0 Å². The lowest BCUT2D eigenvalue weighted by molar-refractivity contribution is 0.324. The number of benzene rings is 2. The van der Waals surface area contributed by atoms with E-state index in [2.05, 4.69) is 4.98 Å². The van der Waals surface area contributed by atoms with Gasteiger partial charge in [0, 0.05) is 24.2 Å². The molecule has 0 amide bonds. The molecule has 0 aliphatic rings. The van der Waals surface area contributed by atoms with Crippen molar-refractivity contribution < 1.29 is 24.1 Å². The average Bonchev–Trinajstić information content (AvgIpc) is 3.12. The van der Waals surface area contributed by atoms with Crippen molar-refractivity contribution >= 4 is 11.0 Å². The average molecular weight is 451 g/mol. The van der Waals surface area contributed by atoms with E-state index in [0.717, 1.165) is 0 Å². The Kier molecular flexibility index (Phi) is 5.87. The Morgan fingerprint density at radius 1 is 0.879 bits per heavy atom. The monoisotopic (exact) mass is 451 g/mol. The van der Waals surface area contributed by atoms with Gasteiger partial charge < -0.3 is 24.1 Å². The van der Waals surface area contributed by atoms with E-state index in [1.54, 1.807) is 45.7 Å². The predicted octanol–water partition coefficient (Wildman–Crippen LogP) is 3.61. The fourth-order valence-electron chi connectivity index (χ4n) is 3.91. The summed E-state index contributed by atoms with van der Waals surface area (Å²) in [7, 11) is 6.06. The zero-order valence-corrected chi connectivity index (χ0v) is 19.1. The molecule has 0 aliphatic carbocycles. The van der Waals surface area contributed by atoms with Gasteiger partial charge in [0.1, 0.15) is 0 Å². The third-order valence-corrected chi connectivity index (χ3v) is 5.51. The molecule has 0 saturated carbocycles. The number of phenols is 1. The Morgan fingerprint density at radius 2 is 1.55 bits per heavy atom. The molecule has 9 heteroatoms. The number of fused-ring (bicyclic) bond motifs is 1. The number of aryl methyl sites for hydroxylation is 1. The Balaban J connectivity index is 1.99. The van der Waals surface area contributed by atoms with Gasteiger partial charge in [-0.2, -0.15) is 0 Å². The van der Waals surface area contributed by atoms with Crippen molar-refractivity contribution in [1.82, 2.24) is 14.1 Å². The lowest BCUT2D eigenvalue weighted by Gasteiger charge is -2.14. The molecule has 4 rings (SSSR count). The molecular weight excluding hydrogens is 426 g/mol. The number of pyridine rings is 1. The summed E-state index contributed by atoms with van der Waals surface area (Å²) in [5.41, 5.74) is 2.94. The quantitative estimate of drug-likeness (QED) is 0.458. The second-order valence-corrected chi connectivity index (χ2v) is 7.19. The second-order valence-electron chi connectivity index (χ2n) is 7.19. The first kappa shape index (κ1) is 22.1. The van der Waals surface area contributed by atoms with Crippen LogP contribution < -0.4 is 24.6 Å². The molecule has 1 N–H and O–H groups in total. The van der Waals surface area contributed by atoms with Crippen LogP contribution in [0.2, 0.25) is 0 Å². The molecule has 0 unspecified atom stereocenters. The van der Waals surface area contributed by atoms with Gasteiger partial charge in [-0.3, -0.25) is 14.1 Å². The summed E-state index contributed by atoms with van der Waals surface area (Å²) in [5, 5.41) is 10.2. The van der Waals surface area contributed by atoms with Crippen LogP contribution >= 0.6 is 0 Å². The minimum Gasteiger partial charge on any atom is -0.504 e. The van der Waals surface area contributed by atoms with Crippen LogP contribution in [-0.2, 0) is 6.54 Å². The molecule has 4 aromatic rings. The molecule has 9 nitrogen and oxygen atoms in total. The van der Waals surface area contributed by atoms with Crippen LogP contribution in [0, 0.1) is 0 Å². The molecule has 33 heavy (non-hydrogen) atoms. The van der Waals surface area contributed by atoms with Crippen molar-refractivity contribution in [3.63, 3.8) is 0 Å². The Bertz CT molecular complexity index is 1360.